The lowest BCUT2D eigenvalue weighted by molar-refractivity contribution is 0.0914. The summed E-state index contributed by atoms with van der Waals surface area (Å²) in [6.45, 7) is -0.199. The van der Waals surface area contributed by atoms with Gasteiger partial charge in [0.1, 0.15) is 0 Å². The molecule has 0 aromatic heterocycles. The monoisotopic (exact) mass is 284 g/mol. The zero-order valence-corrected chi connectivity index (χ0v) is 11.3. The number of amides is 2. The Morgan fingerprint density at radius 1 is 1.00 bits per heavy atom. The van der Waals surface area contributed by atoms with E-state index >= 15 is 0 Å². The predicted octanol–water partition coefficient (Wildman–Crippen LogP) is 1.25. The van der Waals surface area contributed by atoms with Crippen LogP contribution in [-0.4, -0.2) is 23.5 Å². The molecule has 0 fully saturated rings. The first kappa shape index (κ1) is 14.7. The van der Waals surface area contributed by atoms with E-state index in [2.05, 4.69) is 5.32 Å². The zero-order chi connectivity index (χ0) is 15.2. The van der Waals surface area contributed by atoms with Crippen molar-refractivity contribution in [1.82, 2.24) is 5.32 Å². The van der Waals surface area contributed by atoms with Crippen LogP contribution in [0.2, 0.25) is 0 Å². The van der Waals surface area contributed by atoms with Crippen molar-refractivity contribution in [3.8, 4) is 0 Å². The van der Waals surface area contributed by atoms with E-state index < -0.39 is 11.9 Å². The van der Waals surface area contributed by atoms with E-state index in [1.165, 1.54) is 24.3 Å². The van der Waals surface area contributed by atoms with Crippen molar-refractivity contribution in [2.24, 2.45) is 5.73 Å². The molecule has 0 spiro atoms. The fourth-order valence-electron chi connectivity index (χ4n) is 1.95. The number of carbonyl (C=O) groups excluding carboxylic acids is 2. The number of aliphatic hydroxyl groups excluding tert-OH is 1. The third-order valence-corrected chi connectivity index (χ3v) is 3.12. The van der Waals surface area contributed by atoms with Crippen LogP contribution in [-0.2, 0) is 0 Å². The molecule has 21 heavy (non-hydrogen) atoms. The van der Waals surface area contributed by atoms with Crippen LogP contribution in [0.5, 0.6) is 0 Å². The average molecular weight is 284 g/mol. The Kier molecular flexibility index (Phi) is 4.68. The minimum atomic E-state index is -0.542. The minimum Gasteiger partial charge on any atom is -0.394 e. The van der Waals surface area contributed by atoms with Crippen molar-refractivity contribution in [1.29, 1.82) is 0 Å². The van der Waals surface area contributed by atoms with Gasteiger partial charge < -0.3 is 16.2 Å². The summed E-state index contributed by atoms with van der Waals surface area (Å²) in [5, 5.41) is 12.2. The number of nitrogens with two attached hydrogens (primary N) is 1. The maximum Gasteiger partial charge on any atom is 0.251 e. The summed E-state index contributed by atoms with van der Waals surface area (Å²) in [5.74, 6) is -0.867. The number of hydrogen-bond acceptors (Lipinski definition) is 3. The Labute approximate surface area is 122 Å². The average Bonchev–Trinajstić information content (AvgIpc) is 2.53. The van der Waals surface area contributed by atoms with Gasteiger partial charge in [-0.3, -0.25) is 9.59 Å². The van der Waals surface area contributed by atoms with E-state index in [1.807, 2.05) is 30.3 Å². The van der Waals surface area contributed by atoms with Gasteiger partial charge in [-0.05, 0) is 29.8 Å². The number of nitrogens with one attached hydrogen (secondary N) is 1. The molecule has 2 amide bonds. The number of primary amides is 1. The van der Waals surface area contributed by atoms with Crippen LogP contribution in [0.15, 0.2) is 54.6 Å². The molecule has 5 heteroatoms. The van der Waals surface area contributed by atoms with E-state index in [0.717, 1.165) is 5.56 Å². The fourth-order valence-corrected chi connectivity index (χ4v) is 1.95. The van der Waals surface area contributed by atoms with Crippen LogP contribution in [0.25, 0.3) is 0 Å². The normalized spacial score (nSPS) is 11.7. The molecule has 0 aliphatic carbocycles. The summed E-state index contributed by atoms with van der Waals surface area (Å²) in [6, 6.07) is 14.8. The molecular weight excluding hydrogens is 268 g/mol. The Hall–Kier alpha value is -2.66. The molecule has 0 heterocycles. The van der Waals surface area contributed by atoms with Gasteiger partial charge in [-0.15, -0.1) is 0 Å². The summed E-state index contributed by atoms with van der Waals surface area (Å²) in [4.78, 5) is 23.1. The molecule has 0 saturated carbocycles. The summed E-state index contributed by atoms with van der Waals surface area (Å²) >= 11 is 0. The molecule has 5 nitrogen and oxygen atoms in total. The maximum absolute atomic E-state index is 12.1. The largest absolute Gasteiger partial charge is 0.394 e. The van der Waals surface area contributed by atoms with Gasteiger partial charge in [-0.25, -0.2) is 0 Å². The number of benzene rings is 2. The first-order chi connectivity index (χ1) is 10.1. The van der Waals surface area contributed by atoms with Gasteiger partial charge in [0.05, 0.1) is 12.6 Å². The summed E-state index contributed by atoms with van der Waals surface area (Å²) < 4.78 is 0. The van der Waals surface area contributed by atoms with Gasteiger partial charge in [0, 0.05) is 11.1 Å². The highest BCUT2D eigenvalue weighted by Crippen LogP contribution is 2.13. The van der Waals surface area contributed by atoms with Crippen LogP contribution in [0.1, 0.15) is 32.3 Å². The molecule has 0 aliphatic rings. The molecule has 1 atom stereocenters. The Balaban J connectivity index is 2.11. The fraction of sp³-hybridized carbons (Fsp3) is 0.125. The van der Waals surface area contributed by atoms with E-state index in [0.29, 0.717) is 11.1 Å². The minimum absolute atomic E-state index is 0.199. The molecule has 2 aromatic carbocycles. The second kappa shape index (κ2) is 6.67. The van der Waals surface area contributed by atoms with Crippen LogP contribution >= 0.6 is 0 Å². The predicted molar refractivity (Wildman–Crippen MR) is 78.7 cm³/mol. The molecule has 108 valence electrons. The van der Waals surface area contributed by atoms with Crippen LogP contribution < -0.4 is 11.1 Å². The van der Waals surface area contributed by atoms with Gasteiger partial charge in [0.2, 0.25) is 5.91 Å². The highest BCUT2D eigenvalue weighted by atomic mass is 16.3. The van der Waals surface area contributed by atoms with Crippen molar-refractivity contribution in [2.75, 3.05) is 6.61 Å². The van der Waals surface area contributed by atoms with E-state index in [1.54, 1.807) is 0 Å². The number of rotatable bonds is 5. The van der Waals surface area contributed by atoms with Crippen LogP contribution in [0, 0.1) is 0 Å². The molecule has 2 rings (SSSR count). The Bertz CT molecular complexity index is 624. The van der Waals surface area contributed by atoms with Crippen LogP contribution in [0.3, 0.4) is 0 Å². The summed E-state index contributed by atoms with van der Waals surface area (Å²) in [7, 11) is 0. The van der Waals surface area contributed by atoms with Gasteiger partial charge in [-0.2, -0.15) is 0 Å². The second-order valence-electron chi connectivity index (χ2n) is 4.56. The number of carbonyl (C=O) groups is 2. The van der Waals surface area contributed by atoms with E-state index in [9.17, 15) is 14.7 Å². The van der Waals surface area contributed by atoms with Crippen molar-refractivity contribution >= 4 is 11.8 Å². The topological polar surface area (TPSA) is 92.4 Å². The lowest BCUT2D eigenvalue weighted by Crippen LogP contribution is -2.30. The third-order valence-electron chi connectivity index (χ3n) is 3.12. The van der Waals surface area contributed by atoms with E-state index in [-0.39, 0.29) is 12.5 Å². The second-order valence-corrected chi connectivity index (χ2v) is 4.56. The quantitative estimate of drug-likeness (QED) is 0.771. The van der Waals surface area contributed by atoms with Crippen molar-refractivity contribution in [3.05, 3.63) is 71.3 Å². The SMILES string of the molecule is NC(=O)c1ccc(C(=O)N[C@@H](CO)c2ccccc2)cc1. The highest BCUT2D eigenvalue weighted by molar-refractivity contribution is 5.97. The molecule has 2 aromatic rings. The smallest absolute Gasteiger partial charge is 0.251 e. The highest BCUT2D eigenvalue weighted by Gasteiger charge is 2.14. The van der Waals surface area contributed by atoms with Crippen molar-refractivity contribution < 1.29 is 14.7 Å². The lowest BCUT2D eigenvalue weighted by Gasteiger charge is -2.16. The molecule has 0 aliphatic heterocycles. The molecule has 0 radical (unpaired) electrons. The van der Waals surface area contributed by atoms with Gasteiger partial charge in [0.15, 0.2) is 0 Å². The van der Waals surface area contributed by atoms with Gasteiger partial charge >= 0.3 is 0 Å². The molecular formula is C16H16N2O3. The van der Waals surface area contributed by atoms with Gasteiger partial charge in [0.25, 0.3) is 5.91 Å². The first-order valence-corrected chi connectivity index (χ1v) is 6.48. The van der Waals surface area contributed by atoms with Gasteiger partial charge in [-0.1, -0.05) is 30.3 Å². The first-order valence-electron chi connectivity index (χ1n) is 6.48. The maximum atomic E-state index is 12.1. The number of aliphatic hydroxyl groups is 1. The van der Waals surface area contributed by atoms with Crippen molar-refractivity contribution in [2.45, 2.75) is 6.04 Å². The van der Waals surface area contributed by atoms with Crippen LogP contribution in [0.4, 0.5) is 0 Å². The molecule has 0 saturated heterocycles. The summed E-state index contributed by atoms with van der Waals surface area (Å²) in [5.41, 5.74) is 6.71. The molecule has 4 N–H and O–H groups in total. The zero-order valence-electron chi connectivity index (χ0n) is 11.3. The standard InChI is InChI=1S/C16H16N2O3/c17-15(20)12-6-8-13(9-7-12)16(21)18-14(10-19)11-4-2-1-3-5-11/h1-9,14,19H,10H2,(H2,17,20)(H,18,21)/t14-/m0/s1. The Morgan fingerprint density at radius 2 is 1.57 bits per heavy atom. The molecule has 0 unspecified atom stereocenters. The summed E-state index contributed by atoms with van der Waals surface area (Å²) in [6.07, 6.45) is 0. The third kappa shape index (κ3) is 3.67. The van der Waals surface area contributed by atoms with Crippen molar-refractivity contribution in [3.63, 3.8) is 0 Å². The Morgan fingerprint density at radius 3 is 2.10 bits per heavy atom. The lowest BCUT2D eigenvalue weighted by atomic mass is 10.1. The number of hydrogen-bond donors (Lipinski definition) is 3. The van der Waals surface area contributed by atoms with E-state index in [4.69, 9.17) is 5.73 Å². The molecule has 0 bridgehead atoms.